The summed E-state index contributed by atoms with van der Waals surface area (Å²) < 4.78 is 0. The first-order valence-electron chi connectivity index (χ1n) is 11.2. The molecule has 1 rings (SSSR count). The van der Waals surface area contributed by atoms with Crippen molar-refractivity contribution in [2.45, 2.75) is 56.3 Å². The number of benzene rings is 1. The summed E-state index contributed by atoms with van der Waals surface area (Å²) in [6, 6.07) is -0.00962. The van der Waals surface area contributed by atoms with Gasteiger partial charge in [0.05, 0.1) is 12.6 Å². The summed E-state index contributed by atoms with van der Waals surface area (Å²) in [5, 5.41) is 34.7. The van der Waals surface area contributed by atoms with Crippen molar-refractivity contribution in [3.63, 3.8) is 0 Å². The summed E-state index contributed by atoms with van der Waals surface area (Å²) >= 11 is 0. The third kappa shape index (κ3) is 11.4. The number of carboxylic acids is 1. The molecule has 12 N–H and O–H groups in total. The first kappa shape index (κ1) is 30.8. The molecule has 37 heavy (non-hydrogen) atoms. The van der Waals surface area contributed by atoms with E-state index < -0.39 is 66.3 Å². The summed E-state index contributed by atoms with van der Waals surface area (Å²) in [6.07, 6.45) is -1.01. The van der Waals surface area contributed by atoms with E-state index in [1.165, 1.54) is 24.3 Å². The molecule has 4 atom stereocenters. The van der Waals surface area contributed by atoms with Gasteiger partial charge in [0.15, 0.2) is 0 Å². The van der Waals surface area contributed by atoms with Crippen LogP contribution in [0.2, 0.25) is 0 Å². The van der Waals surface area contributed by atoms with Crippen LogP contribution in [0.4, 0.5) is 0 Å². The Morgan fingerprint density at radius 1 is 0.757 bits per heavy atom. The van der Waals surface area contributed by atoms with Crippen molar-refractivity contribution in [3.8, 4) is 5.75 Å². The minimum atomic E-state index is -1.65. The summed E-state index contributed by atoms with van der Waals surface area (Å²) in [5.41, 5.74) is 16.4. The van der Waals surface area contributed by atoms with Gasteiger partial charge >= 0.3 is 5.97 Å². The van der Waals surface area contributed by atoms with E-state index in [0.29, 0.717) is 5.56 Å². The molecule has 15 heteroatoms. The van der Waals surface area contributed by atoms with Crippen LogP contribution in [-0.2, 0) is 35.2 Å². The molecule has 0 saturated heterocycles. The van der Waals surface area contributed by atoms with Crippen LogP contribution in [0.3, 0.4) is 0 Å². The molecule has 204 valence electrons. The normalized spacial score (nSPS) is 13.9. The molecule has 0 heterocycles. The van der Waals surface area contributed by atoms with Gasteiger partial charge in [0, 0.05) is 19.3 Å². The zero-order valence-corrected chi connectivity index (χ0v) is 19.9. The van der Waals surface area contributed by atoms with Gasteiger partial charge in [-0.1, -0.05) is 12.1 Å². The van der Waals surface area contributed by atoms with Crippen molar-refractivity contribution >= 4 is 35.5 Å². The molecule has 0 fully saturated rings. The molecule has 0 bridgehead atoms. The van der Waals surface area contributed by atoms with Crippen molar-refractivity contribution in [1.82, 2.24) is 16.0 Å². The molecule has 5 amide bonds. The van der Waals surface area contributed by atoms with E-state index in [9.17, 15) is 39.0 Å². The molecule has 1 aromatic rings. The van der Waals surface area contributed by atoms with Crippen LogP contribution < -0.4 is 33.2 Å². The van der Waals surface area contributed by atoms with Gasteiger partial charge in [0.2, 0.25) is 29.5 Å². The van der Waals surface area contributed by atoms with E-state index in [2.05, 4.69) is 16.0 Å². The van der Waals surface area contributed by atoms with Gasteiger partial charge in [-0.2, -0.15) is 0 Å². The lowest BCUT2D eigenvalue weighted by atomic mass is 10.0. The summed E-state index contributed by atoms with van der Waals surface area (Å²) in [4.78, 5) is 71.7. The van der Waals surface area contributed by atoms with E-state index >= 15 is 0 Å². The number of carbonyl (C=O) groups is 6. The number of nitrogens with two attached hydrogens (primary N) is 3. The average molecular weight is 525 g/mol. The number of carboxylic acid groups (broad SMARTS) is 1. The minimum Gasteiger partial charge on any atom is -0.508 e. The highest BCUT2D eigenvalue weighted by molar-refractivity contribution is 5.94. The Morgan fingerprint density at radius 2 is 1.24 bits per heavy atom. The SMILES string of the molecule is NC(=O)CCC(N)C(=O)NC(CCC(N)=O)C(=O)NC(Cc1ccc(O)cc1)C(=O)NC(CO)C(=O)O. The van der Waals surface area contributed by atoms with Crippen LogP contribution in [-0.4, -0.2) is 81.6 Å². The lowest BCUT2D eigenvalue weighted by Crippen LogP contribution is -2.58. The van der Waals surface area contributed by atoms with Gasteiger partial charge < -0.3 is 48.5 Å². The van der Waals surface area contributed by atoms with Crippen molar-refractivity contribution in [3.05, 3.63) is 29.8 Å². The standard InChI is InChI=1S/C22H32N6O9/c23-13(5-7-17(24)31)19(33)26-14(6-8-18(25)32)20(34)27-15(9-11-1-3-12(30)4-2-11)21(35)28-16(10-29)22(36)37/h1-4,13-16,29-30H,5-10,23H2,(H2,24,31)(H2,25,32)(H,26,33)(H,27,34)(H,28,35)(H,36,37). The molecule has 15 nitrogen and oxygen atoms in total. The molecule has 0 radical (unpaired) electrons. The first-order valence-corrected chi connectivity index (χ1v) is 11.2. The number of aliphatic hydroxyl groups excluding tert-OH is 1. The molecular weight excluding hydrogens is 492 g/mol. The van der Waals surface area contributed by atoms with Crippen LogP contribution in [0, 0.1) is 0 Å². The zero-order chi connectivity index (χ0) is 28.1. The van der Waals surface area contributed by atoms with Crippen LogP contribution in [0.5, 0.6) is 5.75 Å². The lowest BCUT2D eigenvalue weighted by Gasteiger charge is -2.25. The maximum absolute atomic E-state index is 13.0. The number of aromatic hydroxyl groups is 1. The highest BCUT2D eigenvalue weighted by Gasteiger charge is 2.30. The van der Waals surface area contributed by atoms with Crippen LogP contribution in [0.25, 0.3) is 0 Å². The molecule has 0 aliphatic carbocycles. The van der Waals surface area contributed by atoms with Gasteiger partial charge in [0.25, 0.3) is 0 Å². The van der Waals surface area contributed by atoms with Crippen molar-refractivity contribution in [2.75, 3.05) is 6.61 Å². The largest absolute Gasteiger partial charge is 0.508 e. The van der Waals surface area contributed by atoms with Gasteiger partial charge in [-0.3, -0.25) is 24.0 Å². The number of aliphatic hydroxyl groups is 1. The molecule has 4 unspecified atom stereocenters. The Bertz CT molecular complexity index is 985. The van der Waals surface area contributed by atoms with Gasteiger partial charge in [-0.25, -0.2) is 4.79 Å². The highest BCUT2D eigenvalue weighted by atomic mass is 16.4. The van der Waals surface area contributed by atoms with E-state index in [4.69, 9.17) is 22.3 Å². The Balaban J connectivity index is 3.12. The molecule has 1 aromatic carbocycles. The molecule has 0 spiro atoms. The number of nitrogens with one attached hydrogen (secondary N) is 3. The highest BCUT2D eigenvalue weighted by Crippen LogP contribution is 2.12. The number of primary amides is 2. The predicted octanol–water partition coefficient (Wildman–Crippen LogP) is -3.68. The Hall–Kier alpha value is -4.24. The number of phenolic OH excluding ortho intramolecular Hbond substituents is 1. The molecule has 0 aliphatic rings. The maximum atomic E-state index is 13.0. The van der Waals surface area contributed by atoms with Crippen LogP contribution >= 0.6 is 0 Å². The second-order valence-electron chi connectivity index (χ2n) is 8.19. The number of rotatable bonds is 16. The number of hydrogen-bond donors (Lipinski definition) is 9. The van der Waals surface area contributed by atoms with E-state index in [0.717, 1.165) is 0 Å². The maximum Gasteiger partial charge on any atom is 0.328 e. The van der Waals surface area contributed by atoms with Gasteiger partial charge in [-0.15, -0.1) is 0 Å². The fourth-order valence-electron chi connectivity index (χ4n) is 3.07. The quantitative estimate of drug-likeness (QED) is 0.102. The number of carbonyl (C=O) groups excluding carboxylic acids is 5. The van der Waals surface area contributed by atoms with E-state index in [1.807, 2.05) is 0 Å². The van der Waals surface area contributed by atoms with Crippen LogP contribution in [0.1, 0.15) is 31.2 Å². The zero-order valence-electron chi connectivity index (χ0n) is 19.9. The van der Waals surface area contributed by atoms with Gasteiger partial charge in [-0.05, 0) is 30.5 Å². The van der Waals surface area contributed by atoms with Crippen molar-refractivity contribution in [1.29, 1.82) is 0 Å². The average Bonchev–Trinajstić information content (AvgIpc) is 2.83. The van der Waals surface area contributed by atoms with E-state index in [-0.39, 0.29) is 37.9 Å². The molecular formula is C22H32N6O9. The summed E-state index contributed by atoms with van der Waals surface area (Å²) in [7, 11) is 0. The number of aliphatic carboxylic acids is 1. The molecule has 0 saturated carbocycles. The first-order chi connectivity index (χ1) is 17.3. The number of phenols is 1. The minimum absolute atomic E-state index is 0.0538. The third-order valence-electron chi connectivity index (χ3n) is 5.16. The monoisotopic (exact) mass is 524 g/mol. The fraction of sp³-hybridized carbons (Fsp3) is 0.455. The summed E-state index contributed by atoms with van der Waals surface area (Å²) in [5.74, 6) is -5.71. The topological polar surface area (TPSA) is 277 Å². The second-order valence-corrected chi connectivity index (χ2v) is 8.19. The molecule has 0 aliphatic heterocycles. The van der Waals surface area contributed by atoms with Gasteiger partial charge in [0.1, 0.15) is 23.9 Å². The second kappa shape index (κ2) is 15.0. The Morgan fingerprint density at radius 3 is 1.76 bits per heavy atom. The third-order valence-corrected chi connectivity index (χ3v) is 5.16. The van der Waals surface area contributed by atoms with E-state index in [1.54, 1.807) is 0 Å². The number of hydrogen-bond acceptors (Lipinski definition) is 9. The number of amides is 5. The lowest BCUT2D eigenvalue weighted by molar-refractivity contribution is -0.143. The molecule has 0 aromatic heterocycles. The van der Waals surface area contributed by atoms with Crippen molar-refractivity contribution in [2.24, 2.45) is 17.2 Å². The fourth-order valence-corrected chi connectivity index (χ4v) is 3.07. The summed E-state index contributed by atoms with van der Waals surface area (Å²) in [6.45, 7) is -0.915. The Kier molecular flexibility index (Phi) is 12.5. The smallest absolute Gasteiger partial charge is 0.328 e. The van der Waals surface area contributed by atoms with Crippen LogP contribution in [0.15, 0.2) is 24.3 Å². The van der Waals surface area contributed by atoms with Crippen molar-refractivity contribution < 1.29 is 44.1 Å². The predicted molar refractivity (Wildman–Crippen MR) is 127 cm³/mol. The Labute approximate surface area is 211 Å².